The number of likely N-dealkylation sites (N-methyl/N-ethyl adjacent to an activating group) is 1. The largest absolute Gasteiger partial charge is 0.436 e. The smallest absolute Gasteiger partial charge is 0.227 e. The monoisotopic (exact) mass is 415 g/mol. The van der Waals surface area contributed by atoms with Crippen molar-refractivity contribution in [3.8, 4) is 22.8 Å². The van der Waals surface area contributed by atoms with Crippen LogP contribution in [0.5, 0.6) is 0 Å². The molecule has 4 aromatic rings. The lowest BCUT2D eigenvalue weighted by Gasteiger charge is -2.14. The Bertz CT molecular complexity index is 1170. The number of benzene rings is 2. The average molecular weight is 415 g/mol. The van der Waals surface area contributed by atoms with E-state index in [1.54, 1.807) is 0 Å². The molecule has 4 atom stereocenters. The van der Waals surface area contributed by atoms with Gasteiger partial charge in [0, 0.05) is 17.2 Å². The van der Waals surface area contributed by atoms with Crippen molar-refractivity contribution in [2.45, 2.75) is 44.6 Å². The Morgan fingerprint density at radius 1 is 1.06 bits per heavy atom. The minimum Gasteiger partial charge on any atom is -0.436 e. The highest BCUT2D eigenvalue weighted by molar-refractivity contribution is 5.76. The van der Waals surface area contributed by atoms with Gasteiger partial charge in [-0.2, -0.15) is 0 Å². The van der Waals surface area contributed by atoms with E-state index in [2.05, 4.69) is 44.1 Å². The fourth-order valence-electron chi connectivity index (χ4n) is 4.86. The van der Waals surface area contributed by atoms with E-state index in [-0.39, 0.29) is 6.23 Å². The first-order chi connectivity index (χ1) is 15.3. The first-order valence-corrected chi connectivity index (χ1v) is 11.0. The van der Waals surface area contributed by atoms with Crippen molar-refractivity contribution < 1.29 is 9.15 Å². The van der Waals surface area contributed by atoms with Gasteiger partial charge in [0.15, 0.2) is 11.4 Å². The Kier molecular flexibility index (Phi) is 4.58. The number of hydrogen-bond acceptors (Lipinski definition) is 6. The summed E-state index contributed by atoms with van der Waals surface area (Å²) in [5.41, 5.74) is 3.67. The molecular weight excluding hydrogens is 390 g/mol. The molecule has 4 unspecified atom stereocenters. The number of fused-ring (bicyclic) bond motifs is 1. The molecule has 2 aliphatic rings. The zero-order chi connectivity index (χ0) is 20.8. The van der Waals surface area contributed by atoms with Gasteiger partial charge in [0.25, 0.3) is 0 Å². The van der Waals surface area contributed by atoms with Crippen molar-refractivity contribution in [3.63, 3.8) is 0 Å². The normalized spacial score (nSPS) is 25.3. The maximum absolute atomic E-state index is 5.89. The van der Waals surface area contributed by atoms with Crippen LogP contribution in [-0.4, -0.2) is 38.6 Å². The highest BCUT2D eigenvalue weighted by Gasteiger charge is 2.47. The minimum atomic E-state index is 0.244. The summed E-state index contributed by atoms with van der Waals surface area (Å²) < 4.78 is 14.0. The molecule has 7 nitrogen and oxygen atoms in total. The molecule has 1 aliphatic carbocycles. The van der Waals surface area contributed by atoms with Gasteiger partial charge in [0.2, 0.25) is 5.89 Å². The van der Waals surface area contributed by atoms with Gasteiger partial charge in [-0.3, -0.25) is 5.32 Å². The topological polar surface area (TPSA) is 81.3 Å². The molecule has 2 aromatic heterocycles. The number of ether oxygens (including phenoxy) is 1. The summed E-state index contributed by atoms with van der Waals surface area (Å²) in [5, 5.41) is 12.0. The van der Waals surface area contributed by atoms with E-state index in [1.165, 1.54) is 6.42 Å². The molecule has 1 saturated heterocycles. The van der Waals surface area contributed by atoms with Gasteiger partial charge in [-0.15, -0.1) is 10.2 Å². The second kappa shape index (κ2) is 7.59. The van der Waals surface area contributed by atoms with Gasteiger partial charge in [0.05, 0.1) is 0 Å². The molecule has 31 heavy (non-hydrogen) atoms. The van der Waals surface area contributed by atoms with Crippen molar-refractivity contribution in [1.82, 2.24) is 25.1 Å². The average Bonchev–Trinajstić information content (AvgIpc) is 3.23. The van der Waals surface area contributed by atoms with Crippen LogP contribution in [0.1, 0.15) is 32.2 Å². The summed E-state index contributed by atoms with van der Waals surface area (Å²) >= 11 is 0. The number of aromatic nitrogens is 4. The molecule has 7 heteroatoms. The molecule has 1 saturated carbocycles. The number of nitrogens with one attached hydrogen (secondary N) is 1. The molecule has 0 spiro atoms. The predicted molar refractivity (Wildman–Crippen MR) is 117 cm³/mol. The lowest BCUT2D eigenvalue weighted by molar-refractivity contribution is 0.303. The van der Waals surface area contributed by atoms with E-state index < -0.39 is 0 Å². The zero-order valence-corrected chi connectivity index (χ0v) is 17.4. The van der Waals surface area contributed by atoms with E-state index in [9.17, 15) is 0 Å². The summed E-state index contributed by atoms with van der Waals surface area (Å²) in [4.78, 5) is 4.59. The van der Waals surface area contributed by atoms with E-state index in [1.807, 2.05) is 42.7 Å². The Morgan fingerprint density at radius 3 is 2.74 bits per heavy atom. The van der Waals surface area contributed by atoms with Crippen molar-refractivity contribution in [3.05, 3.63) is 54.9 Å². The van der Waals surface area contributed by atoms with Crippen LogP contribution >= 0.6 is 0 Å². The number of rotatable bonds is 6. The van der Waals surface area contributed by atoms with Gasteiger partial charge < -0.3 is 13.7 Å². The van der Waals surface area contributed by atoms with Crippen molar-refractivity contribution >= 4 is 11.1 Å². The number of epoxide rings is 1. The second-order valence-electron chi connectivity index (χ2n) is 8.43. The zero-order valence-electron chi connectivity index (χ0n) is 17.4. The van der Waals surface area contributed by atoms with E-state index in [0.717, 1.165) is 47.4 Å². The second-order valence-corrected chi connectivity index (χ2v) is 8.43. The summed E-state index contributed by atoms with van der Waals surface area (Å²) in [5.74, 6) is 2.15. The third-order valence-electron chi connectivity index (χ3n) is 6.49. The summed E-state index contributed by atoms with van der Waals surface area (Å²) in [6.07, 6.45) is 5.90. The minimum absolute atomic E-state index is 0.244. The molecule has 1 N–H and O–H groups in total. The molecule has 0 radical (unpaired) electrons. The summed E-state index contributed by atoms with van der Waals surface area (Å²) in [7, 11) is 0. The summed E-state index contributed by atoms with van der Waals surface area (Å²) in [6, 6.07) is 16.4. The Balaban J connectivity index is 1.20. The standard InChI is InChI=1S/C24H25N5O2/c1-2-25-24-21(31-24)17-11-12-18(13-17)29-14-26-28-22(29)15-7-9-16(10-8-15)23-27-19-5-3-4-6-20(19)30-23/h3-10,14,17-18,21,24-25H,2,11-13H2,1H3. The Hall–Kier alpha value is -3.03. The van der Waals surface area contributed by atoms with Crippen LogP contribution in [0.15, 0.2) is 59.3 Å². The van der Waals surface area contributed by atoms with Crippen molar-refractivity contribution in [2.75, 3.05) is 6.54 Å². The molecular formula is C24H25N5O2. The third-order valence-corrected chi connectivity index (χ3v) is 6.49. The fourth-order valence-corrected chi connectivity index (χ4v) is 4.86. The molecule has 158 valence electrons. The van der Waals surface area contributed by atoms with Gasteiger partial charge in [0.1, 0.15) is 24.2 Å². The lowest BCUT2D eigenvalue weighted by Crippen LogP contribution is -2.21. The molecule has 0 amide bonds. The quantitative estimate of drug-likeness (QED) is 0.469. The van der Waals surface area contributed by atoms with Crippen molar-refractivity contribution in [2.24, 2.45) is 5.92 Å². The maximum Gasteiger partial charge on any atom is 0.227 e. The van der Waals surface area contributed by atoms with E-state index in [4.69, 9.17) is 9.15 Å². The van der Waals surface area contributed by atoms with E-state index >= 15 is 0 Å². The highest BCUT2D eigenvalue weighted by atomic mass is 16.6. The SMILES string of the molecule is CCNC1OC1C1CCC(n2cnnc2-c2ccc(-c3nc4ccccc4o3)cc2)C1. The van der Waals surface area contributed by atoms with Gasteiger partial charge >= 0.3 is 0 Å². The first-order valence-electron chi connectivity index (χ1n) is 11.0. The van der Waals surface area contributed by atoms with Crippen LogP contribution in [0.4, 0.5) is 0 Å². The first kappa shape index (κ1) is 18.7. The molecule has 0 bridgehead atoms. The fraction of sp³-hybridized carbons (Fsp3) is 0.375. The Morgan fingerprint density at radius 2 is 1.90 bits per heavy atom. The number of oxazole rings is 1. The van der Waals surface area contributed by atoms with Crippen molar-refractivity contribution in [1.29, 1.82) is 0 Å². The van der Waals surface area contributed by atoms with Gasteiger partial charge in [-0.25, -0.2) is 4.98 Å². The van der Waals surface area contributed by atoms with Crippen LogP contribution in [0, 0.1) is 5.92 Å². The van der Waals surface area contributed by atoms with Crippen LogP contribution in [0.3, 0.4) is 0 Å². The Labute approximate surface area is 180 Å². The molecule has 6 rings (SSSR count). The molecule has 2 fully saturated rings. The molecule has 3 heterocycles. The molecule has 2 aromatic carbocycles. The third kappa shape index (κ3) is 3.43. The van der Waals surface area contributed by atoms with Crippen LogP contribution < -0.4 is 5.32 Å². The summed E-state index contributed by atoms with van der Waals surface area (Å²) in [6.45, 7) is 3.07. The van der Waals surface area contributed by atoms with Crippen LogP contribution in [0.25, 0.3) is 33.9 Å². The number of para-hydroxylation sites is 2. The lowest BCUT2D eigenvalue weighted by atomic mass is 10.0. The van der Waals surface area contributed by atoms with E-state index in [0.29, 0.717) is 24.0 Å². The van der Waals surface area contributed by atoms with Gasteiger partial charge in [-0.05, 0) is 56.0 Å². The highest BCUT2D eigenvalue weighted by Crippen LogP contribution is 2.44. The van der Waals surface area contributed by atoms with Gasteiger partial charge in [-0.1, -0.05) is 31.2 Å². The molecule has 1 aliphatic heterocycles. The number of nitrogens with zero attached hydrogens (tertiary/aromatic N) is 4. The van der Waals surface area contributed by atoms with Crippen LogP contribution in [-0.2, 0) is 4.74 Å². The predicted octanol–water partition coefficient (Wildman–Crippen LogP) is 4.43. The number of hydrogen-bond donors (Lipinski definition) is 1. The van der Waals surface area contributed by atoms with Crippen LogP contribution in [0.2, 0.25) is 0 Å². The maximum atomic E-state index is 5.89.